The second-order valence-electron chi connectivity index (χ2n) is 7.59. The van der Waals surface area contributed by atoms with Gasteiger partial charge in [0, 0.05) is 13.1 Å². The van der Waals surface area contributed by atoms with E-state index < -0.39 is 5.60 Å². The third kappa shape index (κ3) is 2.99. The van der Waals surface area contributed by atoms with Gasteiger partial charge in [-0.1, -0.05) is 0 Å². The van der Waals surface area contributed by atoms with Crippen LogP contribution in [-0.2, 0) is 4.74 Å². The number of amides is 1. The highest BCUT2D eigenvalue weighted by Crippen LogP contribution is 2.35. The summed E-state index contributed by atoms with van der Waals surface area (Å²) in [6, 6.07) is 0.215. The van der Waals surface area contributed by atoms with Crippen molar-refractivity contribution in [1.82, 2.24) is 24.8 Å². The van der Waals surface area contributed by atoms with Gasteiger partial charge in [-0.2, -0.15) is 9.97 Å². The summed E-state index contributed by atoms with van der Waals surface area (Å²) in [4.78, 5) is 32.4. The summed E-state index contributed by atoms with van der Waals surface area (Å²) in [5, 5.41) is 0.189. The molecule has 0 radical (unpaired) electrons. The van der Waals surface area contributed by atoms with E-state index in [1.54, 1.807) is 6.33 Å². The lowest BCUT2D eigenvalue weighted by atomic mass is 10.2. The first-order valence-electron chi connectivity index (χ1n) is 8.45. The van der Waals surface area contributed by atoms with Gasteiger partial charge in [0.1, 0.15) is 5.60 Å². The van der Waals surface area contributed by atoms with Crippen LogP contribution in [0, 0.1) is 0 Å². The summed E-state index contributed by atoms with van der Waals surface area (Å²) < 4.78 is 5.58. The molecule has 25 heavy (non-hydrogen) atoms. The average molecular weight is 365 g/mol. The van der Waals surface area contributed by atoms with Crippen LogP contribution in [0.5, 0.6) is 0 Å². The Labute approximate surface area is 150 Å². The topological polar surface area (TPSA) is 87.2 Å². The molecule has 2 bridgehead atoms. The van der Waals surface area contributed by atoms with E-state index in [1.807, 2.05) is 25.7 Å². The molecule has 2 atom stereocenters. The number of carbonyl (C=O) groups is 1. The van der Waals surface area contributed by atoms with Gasteiger partial charge >= 0.3 is 6.09 Å². The van der Waals surface area contributed by atoms with Crippen molar-refractivity contribution in [2.24, 2.45) is 0 Å². The number of halogens is 1. The van der Waals surface area contributed by atoms with Crippen molar-refractivity contribution in [2.45, 2.75) is 51.3 Å². The van der Waals surface area contributed by atoms with Crippen molar-refractivity contribution in [2.75, 3.05) is 18.0 Å². The number of nitrogens with zero attached hydrogens (tertiary/aromatic N) is 5. The molecule has 0 spiro atoms. The molecule has 0 aliphatic carbocycles. The molecule has 8 nitrogen and oxygen atoms in total. The van der Waals surface area contributed by atoms with Gasteiger partial charge in [0.15, 0.2) is 17.0 Å². The van der Waals surface area contributed by atoms with E-state index in [0.29, 0.717) is 24.3 Å². The molecule has 0 unspecified atom stereocenters. The second kappa shape index (κ2) is 5.72. The summed E-state index contributed by atoms with van der Waals surface area (Å²) >= 11 is 6.06. The molecule has 2 aromatic rings. The summed E-state index contributed by atoms with van der Waals surface area (Å²) in [6.07, 6.45) is 3.28. The van der Waals surface area contributed by atoms with Crippen molar-refractivity contribution < 1.29 is 9.53 Å². The van der Waals surface area contributed by atoms with Gasteiger partial charge in [0.2, 0.25) is 5.28 Å². The van der Waals surface area contributed by atoms with Gasteiger partial charge < -0.3 is 14.6 Å². The summed E-state index contributed by atoms with van der Waals surface area (Å²) in [5.74, 6) is 0.719. The van der Waals surface area contributed by atoms with Crippen molar-refractivity contribution in [3.63, 3.8) is 0 Å². The molecular weight excluding hydrogens is 344 g/mol. The maximum Gasteiger partial charge on any atom is 0.410 e. The van der Waals surface area contributed by atoms with Crippen molar-refractivity contribution in [1.29, 1.82) is 0 Å². The fourth-order valence-corrected chi connectivity index (χ4v) is 3.87. The molecule has 2 aromatic heterocycles. The molecule has 4 rings (SSSR count). The van der Waals surface area contributed by atoms with Crippen LogP contribution in [0.15, 0.2) is 6.33 Å². The monoisotopic (exact) mass is 364 g/mol. The highest BCUT2D eigenvalue weighted by Gasteiger charge is 2.45. The van der Waals surface area contributed by atoms with E-state index in [0.717, 1.165) is 18.7 Å². The molecule has 2 aliphatic heterocycles. The first-order valence-corrected chi connectivity index (χ1v) is 8.82. The van der Waals surface area contributed by atoms with E-state index in [-0.39, 0.29) is 23.5 Å². The largest absolute Gasteiger partial charge is 0.444 e. The molecule has 1 amide bonds. The molecule has 1 N–H and O–H groups in total. The van der Waals surface area contributed by atoms with Gasteiger partial charge in [-0.25, -0.2) is 9.78 Å². The van der Waals surface area contributed by atoms with Crippen LogP contribution in [0.2, 0.25) is 5.28 Å². The fourth-order valence-electron chi connectivity index (χ4n) is 3.70. The minimum atomic E-state index is -0.491. The molecule has 134 valence electrons. The first-order chi connectivity index (χ1) is 11.8. The number of nitrogens with one attached hydrogen (secondary N) is 1. The van der Waals surface area contributed by atoms with E-state index in [2.05, 4.69) is 24.8 Å². The van der Waals surface area contributed by atoms with Crippen LogP contribution in [0.1, 0.15) is 33.6 Å². The fraction of sp³-hybridized carbons (Fsp3) is 0.625. The molecular formula is C16H21ClN6O2. The molecule has 2 aliphatic rings. The third-order valence-corrected chi connectivity index (χ3v) is 4.79. The molecule has 9 heteroatoms. The van der Waals surface area contributed by atoms with Crippen molar-refractivity contribution in [3.05, 3.63) is 11.6 Å². The van der Waals surface area contributed by atoms with Gasteiger partial charge in [-0.3, -0.25) is 4.90 Å². The highest BCUT2D eigenvalue weighted by molar-refractivity contribution is 6.28. The SMILES string of the molecule is CC(C)(C)OC(=O)N1[C@@H]2CC[C@H]1CN(c1nc(Cl)nc3[nH]cnc13)C2. The number of aromatic nitrogens is 4. The van der Waals surface area contributed by atoms with Gasteiger partial charge in [-0.15, -0.1) is 0 Å². The number of H-pyrrole nitrogens is 1. The predicted octanol–water partition coefficient (Wildman–Crippen LogP) is 2.59. The maximum atomic E-state index is 12.6. The zero-order valence-corrected chi connectivity index (χ0v) is 15.2. The Morgan fingerprint density at radius 1 is 1.28 bits per heavy atom. The standard InChI is InChI=1S/C16H21ClN6O2/c1-16(2,3)25-15(24)23-9-4-5-10(23)7-22(6-9)13-11-12(19-8-18-11)20-14(17)21-13/h8-10H,4-7H2,1-3H3,(H,18,19,20,21)/t9-,10+. The van der Waals surface area contributed by atoms with Crippen LogP contribution in [0.4, 0.5) is 10.6 Å². The molecule has 4 heterocycles. The quantitative estimate of drug-likeness (QED) is 0.782. The second-order valence-corrected chi connectivity index (χ2v) is 7.93. The van der Waals surface area contributed by atoms with E-state index >= 15 is 0 Å². The van der Waals surface area contributed by atoms with Gasteiger partial charge in [-0.05, 0) is 45.2 Å². The molecule has 0 aromatic carbocycles. The molecule has 0 saturated carbocycles. The number of hydrogen-bond acceptors (Lipinski definition) is 6. The lowest BCUT2D eigenvalue weighted by Crippen LogP contribution is -2.57. The molecule has 2 fully saturated rings. The Bertz CT molecular complexity index is 803. The van der Waals surface area contributed by atoms with Crippen molar-refractivity contribution >= 4 is 34.7 Å². The Kier molecular flexibility index (Phi) is 3.75. The van der Waals surface area contributed by atoms with Crippen LogP contribution in [0.3, 0.4) is 0 Å². The number of carbonyl (C=O) groups excluding carboxylic acids is 1. The lowest BCUT2D eigenvalue weighted by Gasteiger charge is -2.41. The zero-order chi connectivity index (χ0) is 17.8. The normalized spacial score (nSPS) is 23.4. The lowest BCUT2D eigenvalue weighted by molar-refractivity contribution is 0.0123. The number of rotatable bonds is 1. The number of fused-ring (bicyclic) bond motifs is 3. The van der Waals surface area contributed by atoms with Crippen LogP contribution in [-0.4, -0.2) is 61.7 Å². The number of ether oxygens (including phenoxy) is 1. The number of anilines is 1. The van der Waals surface area contributed by atoms with E-state index in [4.69, 9.17) is 16.3 Å². The van der Waals surface area contributed by atoms with Crippen molar-refractivity contribution in [3.8, 4) is 0 Å². The first kappa shape index (κ1) is 16.4. The third-order valence-electron chi connectivity index (χ3n) is 4.62. The van der Waals surface area contributed by atoms with E-state index in [1.165, 1.54) is 0 Å². The maximum absolute atomic E-state index is 12.6. The smallest absolute Gasteiger partial charge is 0.410 e. The Morgan fingerprint density at radius 3 is 2.60 bits per heavy atom. The Balaban J connectivity index is 1.59. The van der Waals surface area contributed by atoms with Crippen LogP contribution < -0.4 is 4.90 Å². The van der Waals surface area contributed by atoms with Gasteiger partial charge in [0.05, 0.1) is 18.4 Å². The Hall–Kier alpha value is -2.09. The van der Waals surface area contributed by atoms with Crippen LogP contribution in [0.25, 0.3) is 11.2 Å². The predicted molar refractivity (Wildman–Crippen MR) is 93.8 cm³/mol. The minimum absolute atomic E-state index is 0.108. The highest BCUT2D eigenvalue weighted by atomic mass is 35.5. The number of aromatic amines is 1. The number of piperazine rings is 1. The summed E-state index contributed by atoms with van der Waals surface area (Å²) in [5.41, 5.74) is 0.834. The number of hydrogen-bond donors (Lipinski definition) is 1. The van der Waals surface area contributed by atoms with Gasteiger partial charge in [0.25, 0.3) is 0 Å². The summed E-state index contributed by atoms with van der Waals surface area (Å²) in [7, 11) is 0. The van der Waals surface area contributed by atoms with E-state index in [9.17, 15) is 4.79 Å². The Morgan fingerprint density at radius 2 is 1.96 bits per heavy atom. The zero-order valence-electron chi connectivity index (χ0n) is 14.5. The number of imidazole rings is 1. The molecule has 2 saturated heterocycles. The summed E-state index contributed by atoms with van der Waals surface area (Å²) in [6.45, 7) is 7.04. The minimum Gasteiger partial charge on any atom is -0.444 e. The average Bonchev–Trinajstić information content (AvgIpc) is 3.07. The van der Waals surface area contributed by atoms with Crippen LogP contribution >= 0.6 is 11.6 Å².